The second-order valence-corrected chi connectivity index (χ2v) is 3.57. The van der Waals surface area contributed by atoms with Crippen molar-refractivity contribution in [2.75, 3.05) is 5.32 Å². The second-order valence-electron chi connectivity index (χ2n) is 3.57. The first-order chi connectivity index (χ1) is 7.65. The molecule has 0 bridgehead atoms. The number of rotatable bonds is 3. The van der Waals surface area contributed by atoms with E-state index in [0.29, 0.717) is 6.54 Å². The van der Waals surface area contributed by atoms with Gasteiger partial charge in [0.05, 0.1) is 11.9 Å². The van der Waals surface area contributed by atoms with E-state index in [2.05, 4.69) is 10.4 Å². The molecule has 3 N–H and O–H groups in total. The molecular weight excluding hydrogens is 206 g/mol. The van der Waals surface area contributed by atoms with Crippen molar-refractivity contribution in [1.82, 2.24) is 9.78 Å². The Morgan fingerprint density at radius 2 is 2.19 bits per heavy atom. The number of benzene rings is 1. The van der Waals surface area contributed by atoms with Crippen molar-refractivity contribution >= 4 is 5.69 Å². The summed E-state index contributed by atoms with van der Waals surface area (Å²) < 4.78 is 1.69. The van der Waals surface area contributed by atoms with Crippen LogP contribution in [0, 0.1) is 0 Å². The van der Waals surface area contributed by atoms with Crippen LogP contribution >= 0.6 is 0 Å². The molecule has 0 aliphatic heterocycles. The van der Waals surface area contributed by atoms with Crippen LogP contribution in [0.4, 0.5) is 5.69 Å². The molecule has 0 atom stereocenters. The van der Waals surface area contributed by atoms with Crippen molar-refractivity contribution in [3.63, 3.8) is 0 Å². The average Bonchev–Trinajstić information content (AvgIpc) is 2.63. The van der Waals surface area contributed by atoms with Gasteiger partial charge in [0.15, 0.2) is 0 Å². The molecule has 0 aliphatic rings. The molecular formula is C11H13N3O2. The molecule has 2 rings (SSSR count). The number of hydrogen-bond donors (Lipinski definition) is 3. The Morgan fingerprint density at radius 1 is 1.38 bits per heavy atom. The van der Waals surface area contributed by atoms with E-state index in [0.717, 1.165) is 11.3 Å². The maximum absolute atomic E-state index is 9.55. The quantitative estimate of drug-likeness (QED) is 0.730. The van der Waals surface area contributed by atoms with Gasteiger partial charge in [0.25, 0.3) is 0 Å². The van der Waals surface area contributed by atoms with Crippen LogP contribution in [0.1, 0.15) is 5.56 Å². The molecule has 0 saturated carbocycles. The van der Waals surface area contributed by atoms with Gasteiger partial charge in [-0.15, -0.1) is 0 Å². The van der Waals surface area contributed by atoms with Crippen molar-refractivity contribution in [2.24, 2.45) is 7.05 Å². The highest BCUT2D eigenvalue weighted by Gasteiger charge is 2.02. The van der Waals surface area contributed by atoms with Crippen LogP contribution in [-0.4, -0.2) is 20.0 Å². The molecule has 5 heteroatoms. The van der Waals surface area contributed by atoms with Crippen molar-refractivity contribution in [3.8, 4) is 11.5 Å². The zero-order chi connectivity index (χ0) is 11.5. The minimum Gasteiger partial charge on any atom is -0.508 e. The highest BCUT2D eigenvalue weighted by atomic mass is 16.3. The molecule has 0 aliphatic carbocycles. The molecule has 0 saturated heterocycles. The lowest BCUT2D eigenvalue weighted by atomic mass is 10.2. The standard InChI is InChI=1S/C11H13N3O2/c1-14-7-9(6-13-14)12-5-8-2-3-10(15)4-11(8)16/h2-4,6-7,12,15-16H,5H2,1H3. The number of nitrogens with zero attached hydrogens (tertiary/aromatic N) is 2. The van der Waals surface area contributed by atoms with Crippen LogP contribution in [0.3, 0.4) is 0 Å². The number of aromatic hydroxyl groups is 2. The van der Waals surface area contributed by atoms with E-state index in [1.165, 1.54) is 6.07 Å². The number of hydrogen-bond acceptors (Lipinski definition) is 4. The van der Waals surface area contributed by atoms with Crippen LogP contribution in [0.2, 0.25) is 0 Å². The molecule has 1 aromatic heterocycles. The Bertz CT molecular complexity index is 494. The Kier molecular flexibility index (Phi) is 2.68. The summed E-state index contributed by atoms with van der Waals surface area (Å²) in [5.74, 6) is 0.138. The largest absolute Gasteiger partial charge is 0.508 e. The fourth-order valence-electron chi connectivity index (χ4n) is 1.41. The highest BCUT2D eigenvalue weighted by Crippen LogP contribution is 2.23. The lowest BCUT2D eigenvalue weighted by Gasteiger charge is -2.06. The molecule has 0 radical (unpaired) electrons. The maximum atomic E-state index is 9.55. The number of aryl methyl sites for hydroxylation is 1. The number of anilines is 1. The minimum atomic E-state index is 0.0580. The second kappa shape index (κ2) is 4.14. The number of aromatic nitrogens is 2. The number of phenolic OH excluding ortho intramolecular Hbond substituents is 2. The third kappa shape index (κ3) is 2.25. The first-order valence-electron chi connectivity index (χ1n) is 4.88. The van der Waals surface area contributed by atoms with Crippen LogP contribution < -0.4 is 5.32 Å². The fourth-order valence-corrected chi connectivity index (χ4v) is 1.41. The van der Waals surface area contributed by atoms with E-state index >= 15 is 0 Å². The predicted molar refractivity (Wildman–Crippen MR) is 60.3 cm³/mol. The van der Waals surface area contributed by atoms with Gasteiger partial charge in [0.2, 0.25) is 0 Å². The zero-order valence-corrected chi connectivity index (χ0v) is 8.88. The summed E-state index contributed by atoms with van der Waals surface area (Å²) in [5.41, 5.74) is 1.61. The van der Waals surface area contributed by atoms with Crippen LogP contribution in [0.15, 0.2) is 30.6 Å². The van der Waals surface area contributed by atoms with Gasteiger partial charge in [-0.2, -0.15) is 5.10 Å². The summed E-state index contributed by atoms with van der Waals surface area (Å²) in [6.07, 6.45) is 3.55. The van der Waals surface area contributed by atoms with Crippen LogP contribution in [-0.2, 0) is 13.6 Å². The topological polar surface area (TPSA) is 70.3 Å². The smallest absolute Gasteiger partial charge is 0.124 e. The van der Waals surface area contributed by atoms with Crippen molar-refractivity contribution in [2.45, 2.75) is 6.54 Å². The van der Waals surface area contributed by atoms with Crippen molar-refractivity contribution in [3.05, 3.63) is 36.2 Å². The third-order valence-corrected chi connectivity index (χ3v) is 2.26. The summed E-state index contributed by atoms with van der Waals surface area (Å²) in [7, 11) is 1.84. The van der Waals surface area contributed by atoms with Crippen molar-refractivity contribution < 1.29 is 10.2 Å². The van der Waals surface area contributed by atoms with Crippen LogP contribution in [0.5, 0.6) is 11.5 Å². The summed E-state index contributed by atoms with van der Waals surface area (Å²) in [6.45, 7) is 0.484. The number of nitrogens with one attached hydrogen (secondary N) is 1. The minimum absolute atomic E-state index is 0.0580. The van der Waals surface area contributed by atoms with E-state index in [1.54, 1.807) is 23.0 Å². The summed E-state index contributed by atoms with van der Waals surface area (Å²) >= 11 is 0. The third-order valence-electron chi connectivity index (χ3n) is 2.26. The first-order valence-corrected chi connectivity index (χ1v) is 4.88. The molecule has 1 aromatic carbocycles. The number of phenols is 2. The van der Waals surface area contributed by atoms with E-state index < -0.39 is 0 Å². The highest BCUT2D eigenvalue weighted by molar-refractivity contribution is 5.44. The first kappa shape index (κ1) is 10.4. The van der Waals surface area contributed by atoms with E-state index in [4.69, 9.17) is 5.11 Å². The molecule has 0 fully saturated rings. The van der Waals surface area contributed by atoms with Gasteiger partial charge in [-0.25, -0.2) is 0 Å². The van der Waals surface area contributed by atoms with Crippen molar-refractivity contribution in [1.29, 1.82) is 0 Å². The summed E-state index contributed by atoms with van der Waals surface area (Å²) in [5, 5.41) is 25.8. The Labute approximate surface area is 93.0 Å². The van der Waals surface area contributed by atoms with Gasteiger partial charge in [0.1, 0.15) is 11.5 Å². The fraction of sp³-hybridized carbons (Fsp3) is 0.182. The predicted octanol–water partition coefficient (Wildman–Crippen LogP) is 1.44. The Morgan fingerprint density at radius 3 is 2.81 bits per heavy atom. The average molecular weight is 219 g/mol. The monoisotopic (exact) mass is 219 g/mol. The van der Waals surface area contributed by atoms with Gasteiger partial charge in [-0.1, -0.05) is 0 Å². The zero-order valence-electron chi connectivity index (χ0n) is 8.88. The molecule has 84 valence electrons. The normalized spacial score (nSPS) is 10.3. The molecule has 0 amide bonds. The van der Waals surface area contributed by atoms with Crippen LogP contribution in [0.25, 0.3) is 0 Å². The van der Waals surface area contributed by atoms with Gasteiger partial charge in [0, 0.05) is 31.4 Å². The Balaban J connectivity index is 2.04. The molecule has 1 heterocycles. The van der Waals surface area contributed by atoms with E-state index in [1.807, 2.05) is 13.2 Å². The van der Waals surface area contributed by atoms with Gasteiger partial charge in [-0.3, -0.25) is 4.68 Å². The molecule has 2 aromatic rings. The maximum Gasteiger partial charge on any atom is 0.124 e. The summed E-state index contributed by atoms with van der Waals surface area (Å²) in [4.78, 5) is 0. The molecule has 5 nitrogen and oxygen atoms in total. The SMILES string of the molecule is Cn1cc(NCc2ccc(O)cc2O)cn1. The Hall–Kier alpha value is -2.17. The summed E-state index contributed by atoms with van der Waals surface area (Å²) in [6, 6.07) is 4.54. The lowest BCUT2D eigenvalue weighted by Crippen LogP contribution is -1.98. The van der Waals surface area contributed by atoms with Gasteiger partial charge in [-0.05, 0) is 12.1 Å². The molecule has 16 heavy (non-hydrogen) atoms. The van der Waals surface area contributed by atoms with Gasteiger partial charge >= 0.3 is 0 Å². The molecule has 0 unspecified atom stereocenters. The van der Waals surface area contributed by atoms with E-state index in [9.17, 15) is 5.11 Å². The molecule has 0 spiro atoms. The van der Waals surface area contributed by atoms with E-state index in [-0.39, 0.29) is 11.5 Å². The lowest BCUT2D eigenvalue weighted by molar-refractivity contribution is 0.446. The van der Waals surface area contributed by atoms with Gasteiger partial charge < -0.3 is 15.5 Å².